The number of aryl methyl sites for hydroxylation is 2. The first-order chi connectivity index (χ1) is 9.06. The molecule has 3 N–H and O–H groups in total. The Morgan fingerprint density at radius 1 is 1.53 bits per heavy atom. The largest absolute Gasteiger partial charge is 0.394 e. The lowest BCUT2D eigenvalue weighted by Crippen LogP contribution is -2.03. The van der Waals surface area contributed by atoms with Crippen molar-refractivity contribution in [3.63, 3.8) is 0 Å². The zero-order valence-corrected chi connectivity index (χ0v) is 10.7. The molecule has 1 heterocycles. The van der Waals surface area contributed by atoms with Gasteiger partial charge in [0.2, 0.25) is 0 Å². The van der Waals surface area contributed by atoms with Crippen molar-refractivity contribution in [2.75, 3.05) is 11.1 Å². The van der Waals surface area contributed by atoms with E-state index in [1.54, 1.807) is 17.8 Å². The average molecular weight is 259 g/mol. The summed E-state index contributed by atoms with van der Waals surface area (Å²) in [7, 11) is 1.74. The smallest absolute Gasteiger partial charge is 0.152 e. The third-order valence-corrected chi connectivity index (χ3v) is 2.85. The van der Waals surface area contributed by atoms with Crippen LogP contribution >= 0.6 is 0 Å². The highest BCUT2D eigenvalue weighted by atomic mass is 19.1. The van der Waals surface area contributed by atoms with E-state index in [1.807, 2.05) is 13.0 Å². The highest BCUT2D eigenvalue weighted by Gasteiger charge is 2.13. The van der Waals surface area contributed by atoms with E-state index >= 15 is 0 Å². The fourth-order valence-corrected chi connectivity index (χ4v) is 1.82. The molecule has 2 aromatic rings. The molecule has 0 aliphatic heterocycles. The molecule has 2 rings (SSSR count). The lowest BCUT2D eigenvalue weighted by molar-refractivity contribution is 0.630. The summed E-state index contributed by atoms with van der Waals surface area (Å²) in [6.07, 6.45) is 0.706. The minimum absolute atomic E-state index is 0.261. The van der Waals surface area contributed by atoms with Crippen LogP contribution in [0.15, 0.2) is 18.2 Å². The topological polar surface area (TPSA) is 79.7 Å². The molecule has 0 unspecified atom stereocenters. The van der Waals surface area contributed by atoms with Crippen LogP contribution in [0.5, 0.6) is 0 Å². The lowest BCUT2D eigenvalue weighted by Gasteiger charge is -2.08. The van der Waals surface area contributed by atoms with Crippen LogP contribution in [0.3, 0.4) is 0 Å². The second kappa shape index (κ2) is 4.98. The van der Waals surface area contributed by atoms with Gasteiger partial charge in [-0.05, 0) is 24.6 Å². The lowest BCUT2D eigenvalue weighted by atomic mass is 10.2. The van der Waals surface area contributed by atoms with E-state index in [2.05, 4.69) is 10.4 Å². The first-order valence-corrected chi connectivity index (χ1v) is 5.84. The van der Waals surface area contributed by atoms with Gasteiger partial charge in [0.25, 0.3) is 0 Å². The van der Waals surface area contributed by atoms with Gasteiger partial charge < -0.3 is 11.1 Å². The van der Waals surface area contributed by atoms with Crippen molar-refractivity contribution in [1.29, 1.82) is 5.26 Å². The van der Waals surface area contributed by atoms with Gasteiger partial charge in [0.05, 0.1) is 28.7 Å². The van der Waals surface area contributed by atoms with Gasteiger partial charge in [0, 0.05) is 7.05 Å². The monoisotopic (exact) mass is 259 g/mol. The number of hydrogen-bond donors (Lipinski definition) is 2. The second-order valence-electron chi connectivity index (χ2n) is 4.12. The van der Waals surface area contributed by atoms with Crippen LogP contribution in [0.25, 0.3) is 0 Å². The number of benzene rings is 1. The molecule has 5 nitrogen and oxygen atoms in total. The van der Waals surface area contributed by atoms with E-state index in [0.717, 1.165) is 5.69 Å². The molecule has 0 aliphatic carbocycles. The quantitative estimate of drug-likeness (QED) is 0.886. The van der Waals surface area contributed by atoms with Crippen LogP contribution in [0.1, 0.15) is 18.2 Å². The van der Waals surface area contributed by atoms with Gasteiger partial charge >= 0.3 is 0 Å². The molecule has 98 valence electrons. The van der Waals surface area contributed by atoms with E-state index in [-0.39, 0.29) is 11.3 Å². The number of halogens is 1. The summed E-state index contributed by atoms with van der Waals surface area (Å²) < 4.78 is 15.4. The Kier molecular flexibility index (Phi) is 3.38. The average Bonchev–Trinajstić information content (AvgIpc) is 2.68. The van der Waals surface area contributed by atoms with Gasteiger partial charge in [0.1, 0.15) is 5.82 Å². The summed E-state index contributed by atoms with van der Waals surface area (Å²) >= 11 is 0. The maximum atomic E-state index is 13.8. The van der Waals surface area contributed by atoms with Crippen molar-refractivity contribution in [3.05, 3.63) is 35.3 Å². The van der Waals surface area contributed by atoms with Crippen molar-refractivity contribution >= 4 is 17.2 Å². The molecule has 6 heteroatoms. The van der Waals surface area contributed by atoms with E-state index < -0.39 is 5.82 Å². The first kappa shape index (κ1) is 12.9. The number of rotatable bonds is 3. The second-order valence-corrected chi connectivity index (χ2v) is 4.12. The van der Waals surface area contributed by atoms with Gasteiger partial charge in [-0.3, -0.25) is 4.68 Å². The standard InChI is InChI=1S/C13H14FN5/c1-3-10-12(16)13(19(2)18-10)17-11-5-4-8(7-15)6-9(11)14/h4-6,17H,3,16H2,1-2H3. The molecule has 0 saturated heterocycles. The Morgan fingerprint density at radius 2 is 2.26 bits per heavy atom. The van der Waals surface area contributed by atoms with Crippen LogP contribution in [-0.2, 0) is 13.5 Å². The van der Waals surface area contributed by atoms with Crippen LogP contribution in [0, 0.1) is 17.1 Å². The summed E-state index contributed by atoms with van der Waals surface area (Å²) in [4.78, 5) is 0. The highest BCUT2D eigenvalue weighted by Crippen LogP contribution is 2.27. The fraction of sp³-hybridized carbons (Fsp3) is 0.231. The third-order valence-electron chi connectivity index (χ3n) is 2.85. The van der Waals surface area contributed by atoms with Gasteiger partial charge in [-0.25, -0.2) is 4.39 Å². The Morgan fingerprint density at radius 3 is 2.79 bits per heavy atom. The number of nitrogens with one attached hydrogen (secondary N) is 1. The van der Waals surface area contributed by atoms with Crippen molar-refractivity contribution in [2.45, 2.75) is 13.3 Å². The van der Waals surface area contributed by atoms with Crippen LogP contribution in [0.4, 0.5) is 21.6 Å². The highest BCUT2D eigenvalue weighted by molar-refractivity contribution is 5.71. The van der Waals surface area contributed by atoms with E-state index in [1.165, 1.54) is 12.1 Å². The van der Waals surface area contributed by atoms with Crippen molar-refractivity contribution in [3.8, 4) is 6.07 Å². The van der Waals surface area contributed by atoms with E-state index in [9.17, 15) is 4.39 Å². The van der Waals surface area contributed by atoms with E-state index in [0.29, 0.717) is 17.9 Å². The number of aromatic nitrogens is 2. The molecule has 0 aliphatic rings. The van der Waals surface area contributed by atoms with Crippen LogP contribution in [-0.4, -0.2) is 9.78 Å². The minimum atomic E-state index is -0.502. The van der Waals surface area contributed by atoms with E-state index in [4.69, 9.17) is 11.0 Å². The number of nitrogen functional groups attached to an aromatic ring is 1. The summed E-state index contributed by atoms with van der Waals surface area (Å²) in [6.45, 7) is 1.95. The van der Waals surface area contributed by atoms with Crippen molar-refractivity contribution in [2.24, 2.45) is 7.05 Å². The summed E-state index contributed by atoms with van der Waals surface area (Å²) in [6, 6.07) is 6.11. The number of hydrogen-bond acceptors (Lipinski definition) is 4. The van der Waals surface area contributed by atoms with Crippen molar-refractivity contribution < 1.29 is 4.39 Å². The predicted octanol–water partition coefficient (Wildman–Crippen LogP) is 2.32. The zero-order valence-electron chi connectivity index (χ0n) is 10.7. The molecule has 0 atom stereocenters. The molecular weight excluding hydrogens is 245 g/mol. The number of nitrogens with two attached hydrogens (primary N) is 1. The van der Waals surface area contributed by atoms with Crippen LogP contribution < -0.4 is 11.1 Å². The molecule has 0 bridgehead atoms. The van der Waals surface area contributed by atoms with Gasteiger partial charge in [-0.15, -0.1) is 0 Å². The zero-order chi connectivity index (χ0) is 14.0. The maximum Gasteiger partial charge on any atom is 0.152 e. The van der Waals surface area contributed by atoms with Gasteiger partial charge in [0.15, 0.2) is 5.82 Å². The molecule has 1 aromatic carbocycles. The fourth-order valence-electron chi connectivity index (χ4n) is 1.82. The normalized spacial score (nSPS) is 10.2. The summed E-state index contributed by atoms with van der Waals surface area (Å²) in [5.74, 6) is 0.0400. The Labute approximate surface area is 110 Å². The molecule has 0 spiro atoms. The molecular formula is C13H14FN5. The summed E-state index contributed by atoms with van der Waals surface area (Å²) in [5, 5.41) is 15.8. The minimum Gasteiger partial charge on any atom is -0.394 e. The first-order valence-electron chi connectivity index (χ1n) is 5.84. The van der Waals surface area contributed by atoms with Crippen LogP contribution in [0.2, 0.25) is 0 Å². The molecule has 0 radical (unpaired) electrons. The Balaban J connectivity index is 2.37. The van der Waals surface area contributed by atoms with Crippen molar-refractivity contribution in [1.82, 2.24) is 9.78 Å². The molecule has 0 saturated carbocycles. The molecule has 1 aromatic heterocycles. The summed E-state index contributed by atoms with van der Waals surface area (Å²) in [5.41, 5.74) is 7.75. The Bertz CT molecular complexity index is 654. The Hall–Kier alpha value is -2.55. The SMILES string of the molecule is CCc1nn(C)c(Nc2ccc(C#N)cc2F)c1N. The van der Waals surface area contributed by atoms with Gasteiger partial charge in [-0.1, -0.05) is 6.92 Å². The number of nitriles is 1. The predicted molar refractivity (Wildman–Crippen MR) is 71.4 cm³/mol. The molecule has 19 heavy (non-hydrogen) atoms. The maximum absolute atomic E-state index is 13.8. The third kappa shape index (κ3) is 2.36. The molecule has 0 amide bonds. The van der Waals surface area contributed by atoms with Gasteiger partial charge in [-0.2, -0.15) is 10.4 Å². The molecule has 0 fully saturated rings. The number of anilines is 3. The number of nitrogens with zero attached hydrogens (tertiary/aromatic N) is 3.